The van der Waals surface area contributed by atoms with Crippen LogP contribution in [-0.4, -0.2) is 37.6 Å². The molecular weight excluding hydrogens is 266 g/mol. The predicted molar refractivity (Wildman–Crippen MR) is 77.7 cm³/mol. The number of hydrogen-bond donors (Lipinski definition) is 0. The number of aromatic nitrogens is 4. The molecule has 0 aliphatic heterocycles. The van der Waals surface area contributed by atoms with Crippen molar-refractivity contribution < 1.29 is 4.79 Å². The molecule has 1 aliphatic rings. The third-order valence-electron chi connectivity index (χ3n) is 3.64. The first-order valence-corrected chi connectivity index (χ1v) is 7.26. The van der Waals surface area contributed by atoms with E-state index in [1.54, 1.807) is 30.5 Å². The van der Waals surface area contributed by atoms with Gasteiger partial charge in [-0.2, -0.15) is 5.10 Å². The second-order valence-electron chi connectivity index (χ2n) is 5.47. The lowest BCUT2D eigenvalue weighted by molar-refractivity contribution is 0.0784. The smallest absolute Gasteiger partial charge is 0.257 e. The summed E-state index contributed by atoms with van der Waals surface area (Å²) in [6.45, 7) is 3.39. The molecule has 1 amide bonds. The van der Waals surface area contributed by atoms with E-state index in [1.165, 1.54) is 0 Å². The summed E-state index contributed by atoms with van der Waals surface area (Å²) in [6, 6.07) is 0. The summed E-state index contributed by atoms with van der Waals surface area (Å²) in [6.07, 6.45) is 9.34. The molecule has 0 atom stereocenters. The zero-order valence-corrected chi connectivity index (χ0v) is 12.4. The Balaban J connectivity index is 1.65. The molecule has 2 aromatic heterocycles. The van der Waals surface area contributed by atoms with E-state index in [0.29, 0.717) is 18.0 Å². The summed E-state index contributed by atoms with van der Waals surface area (Å²) in [5.74, 6) is 1.30. The molecule has 110 valence electrons. The number of hydrogen-bond acceptors (Lipinski definition) is 4. The highest BCUT2D eigenvalue weighted by molar-refractivity contribution is 5.93. The normalized spacial score (nSPS) is 14.2. The first-order chi connectivity index (χ1) is 10.2. The topological polar surface area (TPSA) is 63.9 Å². The minimum absolute atomic E-state index is 0.0680. The van der Waals surface area contributed by atoms with Gasteiger partial charge in [-0.1, -0.05) is 0 Å². The van der Waals surface area contributed by atoms with E-state index in [0.717, 1.165) is 30.8 Å². The Morgan fingerprint density at radius 1 is 1.33 bits per heavy atom. The number of carbonyl (C=O) groups is 1. The van der Waals surface area contributed by atoms with Crippen LogP contribution in [0.3, 0.4) is 0 Å². The maximum Gasteiger partial charge on any atom is 0.257 e. The van der Waals surface area contributed by atoms with E-state index in [4.69, 9.17) is 0 Å². The van der Waals surface area contributed by atoms with Crippen molar-refractivity contribution in [3.05, 3.63) is 41.7 Å². The summed E-state index contributed by atoms with van der Waals surface area (Å²) in [4.78, 5) is 22.6. The molecule has 2 heterocycles. The van der Waals surface area contributed by atoms with Gasteiger partial charge < -0.3 is 4.90 Å². The van der Waals surface area contributed by atoms with Crippen LogP contribution in [0.2, 0.25) is 0 Å². The van der Waals surface area contributed by atoms with Crippen LogP contribution in [0.4, 0.5) is 0 Å². The number of aryl methyl sites for hydroxylation is 1. The van der Waals surface area contributed by atoms with Gasteiger partial charge in [0.25, 0.3) is 5.91 Å². The van der Waals surface area contributed by atoms with Crippen LogP contribution >= 0.6 is 0 Å². The van der Waals surface area contributed by atoms with Crippen LogP contribution in [0, 0.1) is 0 Å². The number of rotatable bonds is 5. The fourth-order valence-electron chi connectivity index (χ4n) is 2.23. The maximum atomic E-state index is 12.3. The Morgan fingerprint density at radius 3 is 2.62 bits per heavy atom. The molecule has 0 N–H and O–H groups in total. The summed E-state index contributed by atoms with van der Waals surface area (Å²) < 4.78 is 1.85. The van der Waals surface area contributed by atoms with Crippen LogP contribution in [-0.2, 0) is 13.1 Å². The van der Waals surface area contributed by atoms with E-state index in [-0.39, 0.29) is 5.91 Å². The molecule has 6 heteroatoms. The van der Waals surface area contributed by atoms with E-state index in [2.05, 4.69) is 15.1 Å². The van der Waals surface area contributed by atoms with Crippen molar-refractivity contribution >= 4 is 5.91 Å². The van der Waals surface area contributed by atoms with Gasteiger partial charge >= 0.3 is 0 Å². The first-order valence-electron chi connectivity index (χ1n) is 7.26. The minimum atomic E-state index is -0.0680. The molecule has 6 nitrogen and oxygen atoms in total. The van der Waals surface area contributed by atoms with E-state index in [9.17, 15) is 4.79 Å². The third kappa shape index (κ3) is 3.09. The molecule has 1 aliphatic carbocycles. The predicted octanol–water partition coefficient (Wildman–Crippen LogP) is 1.84. The molecule has 0 unspecified atom stereocenters. The van der Waals surface area contributed by atoms with Crippen LogP contribution in [0.15, 0.2) is 24.8 Å². The van der Waals surface area contributed by atoms with Crippen LogP contribution in [0.25, 0.3) is 0 Å². The van der Waals surface area contributed by atoms with E-state index in [1.807, 2.05) is 17.8 Å². The first kappa shape index (κ1) is 13.7. The maximum absolute atomic E-state index is 12.3. The molecule has 1 saturated carbocycles. The van der Waals surface area contributed by atoms with E-state index >= 15 is 0 Å². The molecule has 2 aromatic rings. The largest absolute Gasteiger partial charge is 0.337 e. The molecule has 0 aromatic carbocycles. The highest BCUT2D eigenvalue weighted by Gasteiger charge is 2.26. The van der Waals surface area contributed by atoms with Crippen molar-refractivity contribution in [2.24, 2.45) is 0 Å². The highest BCUT2D eigenvalue weighted by atomic mass is 16.2. The number of carbonyl (C=O) groups excluding carboxylic acids is 1. The monoisotopic (exact) mass is 285 g/mol. The molecule has 0 bridgehead atoms. The lowest BCUT2D eigenvalue weighted by atomic mass is 10.2. The van der Waals surface area contributed by atoms with E-state index < -0.39 is 0 Å². The van der Waals surface area contributed by atoms with Gasteiger partial charge in [0.15, 0.2) is 0 Å². The summed E-state index contributed by atoms with van der Waals surface area (Å²) in [5.41, 5.74) is 1.55. The molecular formula is C15H19N5O. The zero-order chi connectivity index (χ0) is 14.8. The van der Waals surface area contributed by atoms with Gasteiger partial charge in [-0.25, -0.2) is 9.97 Å². The summed E-state index contributed by atoms with van der Waals surface area (Å²) in [7, 11) is 1.78. The van der Waals surface area contributed by atoms with Crippen LogP contribution in [0.5, 0.6) is 0 Å². The SMILES string of the molecule is CCn1cc(CN(C)C(=O)c2cnc(C3CC3)nc2)cn1. The molecule has 1 fully saturated rings. The Hall–Kier alpha value is -2.24. The lowest BCUT2D eigenvalue weighted by Gasteiger charge is -2.15. The van der Waals surface area contributed by atoms with Gasteiger partial charge in [-0.05, 0) is 19.8 Å². The summed E-state index contributed by atoms with van der Waals surface area (Å²) in [5, 5.41) is 4.21. The zero-order valence-electron chi connectivity index (χ0n) is 12.4. The molecule has 21 heavy (non-hydrogen) atoms. The van der Waals surface area contributed by atoms with Gasteiger partial charge in [-0.15, -0.1) is 0 Å². The van der Waals surface area contributed by atoms with Gasteiger partial charge in [0, 0.05) is 50.2 Å². The van der Waals surface area contributed by atoms with Crippen LogP contribution < -0.4 is 0 Å². The van der Waals surface area contributed by atoms with Crippen molar-refractivity contribution in [2.75, 3.05) is 7.05 Å². The minimum Gasteiger partial charge on any atom is -0.337 e. The average Bonchev–Trinajstić information content (AvgIpc) is 3.27. The third-order valence-corrected chi connectivity index (χ3v) is 3.64. The number of amides is 1. The quantitative estimate of drug-likeness (QED) is 0.841. The molecule has 3 rings (SSSR count). The molecule has 0 radical (unpaired) electrons. The Kier molecular flexibility index (Phi) is 3.68. The van der Waals surface area contributed by atoms with Crippen molar-refractivity contribution in [1.29, 1.82) is 0 Å². The fraction of sp³-hybridized carbons (Fsp3) is 0.467. The second kappa shape index (κ2) is 5.63. The summed E-state index contributed by atoms with van der Waals surface area (Å²) >= 11 is 0. The van der Waals surface area contributed by atoms with Crippen molar-refractivity contribution in [1.82, 2.24) is 24.6 Å². The van der Waals surface area contributed by atoms with Crippen molar-refractivity contribution in [3.63, 3.8) is 0 Å². The van der Waals surface area contributed by atoms with Gasteiger partial charge in [0.05, 0.1) is 11.8 Å². The molecule has 0 spiro atoms. The Bertz CT molecular complexity index is 630. The van der Waals surface area contributed by atoms with Crippen LogP contribution in [0.1, 0.15) is 47.4 Å². The average molecular weight is 285 g/mol. The Morgan fingerprint density at radius 2 is 2.05 bits per heavy atom. The van der Waals surface area contributed by atoms with Crippen molar-refractivity contribution in [2.45, 2.75) is 38.8 Å². The Labute approximate surface area is 123 Å². The van der Waals surface area contributed by atoms with Crippen molar-refractivity contribution in [3.8, 4) is 0 Å². The lowest BCUT2D eigenvalue weighted by Crippen LogP contribution is -2.26. The van der Waals surface area contributed by atoms with Gasteiger partial charge in [0.2, 0.25) is 0 Å². The standard InChI is InChI=1S/C15H19N5O/c1-3-20-10-11(6-18-20)9-19(2)15(21)13-7-16-14(17-8-13)12-4-5-12/h6-8,10,12H,3-5,9H2,1-2H3. The highest BCUT2D eigenvalue weighted by Crippen LogP contribution is 2.37. The molecule has 0 saturated heterocycles. The fourth-order valence-corrected chi connectivity index (χ4v) is 2.23. The second-order valence-corrected chi connectivity index (χ2v) is 5.47. The number of nitrogens with zero attached hydrogens (tertiary/aromatic N) is 5. The van der Waals surface area contributed by atoms with Gasteiger partial charge in [-0.3, -0.25) is 9.48 Å². The van der Waals surface area contributed by atoms with Gasteiger partial charge in [0.1, 0.15) is 5.82 Å².